The van der Waals surface area contributed by atoms with Crippen LogP contribution >= 0.6 is 12.2 Å². The van der Waals surface area contributed by atoms with Gasteiger partial charge in [-0.3, -0.25) is 0 Å². The van der Waals surface area contributed by atoms with Crippen molar-refractivity contribution in [2.24, 2.45) is 0 Å². The van der Waals surface area contributed by atoms with Gasteiger partial charge in [-0.05, 0) is 68.0 Å². The molecule has 144 valence electrons. The number of anilines is 2. The first-order valence-corrected chi connectivity index (χ1v) is 9.79. The van der Waals surface area contributed by atoms with Gasteiger partial charge in [-0.25, -0.2) is 0 Å². The minimum atomic E-state index is 0.117. The second-order valence-corrected chi connectivity index (χ2v) is 6.88. The van der Waals surface area contributed by atoms with Crippen LogP contribution < -0.4 is 20.3 Å². The number of hydrogen-bond donors (Lipinski definition) is 2. The van der Waals surface area contributed by atoms with E-state index in [1.807, 2.05) is 31.2 Å². The molecule has 0 spiro atoms. The van der Waals surface area contributed by atoms with Crippen LogP contribution in [0.25, 0.3) is 0 Å². The van der Waals surface area contributed by atoms with Crippen molar-refractivity contribution < 1.29 is 9.47 Å². The Bertz CT molecular complexity index is 728. The van der Waals surface area contributed by atoms with Crippen molar-refractivity contribution in [2.75, 3.05) is 43.1 Å². The maximum atomic E-state index is 5.45. The van der Waals surface area contributed by atoms with E-state index in [-0.39, 0.29) is 6.04 Å². The van der Waals surface area contributed by atoms with Gasteiger partial charge >= 0.3 is 0 Å². The lowest BCUT2D eigenvalue weighted by Crippen LogP contribution is -2.36. The Hall–Kier alpha value is -2.31. The van der Waals surface area contributed by atoms with Crippen molar-refractivity contribution in [2.45, 2.75) is 19.9 Å². The number of rotatable bonds is 6. The Kier molecular flexibility index (Phi) is 6.90. The summed E-state index contributed by atoms with van der Waals surface area (Å²) in [7, 11) is 0. The number of ether oxygens (including phenoxy) is 2. The van der Waals surface area contributed by atoms with E-state index in [1.54, 1.807) is 0 Å². The van der Waals surface area contributed by atoms with Gasteiger partial charge in [0.15, 0.2) is 5.11 Å². The summed E-state index contributed by atoms with van der Waals surface area (Å²) in [5, 5.41) is 7.16. The van der Waals surface area contributed by atoms with Crippen molar-refractivity contribution in [3.05, 3.63) is 54.1 Å². The summed E-state index contributed by atoms with van der Waals surface area (Å²) >= 11 is 5.45. The smallest absolute Gasteiger partial charge is 0.171 e. The summed E-state index contributed by atoms with van der Waals surface area (Å²) in [6.45, 7) is 8.23. The predicted molar refractivity (Wildman–Crippen MR) is 115 cm³/mol. The van der Waals surface area contributed by atoms with Gasteiger partial charge in [0.2, 0.25) is 0 Å². The fourth-order valence-corrected chi connectivity index (χ4v) is 3.34. The molecule has 0 radical (unpaired) electrons. The number of morpholine rings is 1. The average Bonchev–Trinajstić information content (AvgIpc) is 2.70. The predicted octanol–water partition coefficient (Wildman–Crippen LogP) is 3.97. The highest BCUT2D eigenvalue weighted by molar-refractivity contribution is 7.80. The summed E-state index contributed by atoms with van der Waals surface area (Å²) in [5.74, 6) is 0.857. The molecule has 1 atom stereocenters. The van der Waals surface area contributed by atoms with E-state index in [2.05, 4.69) is 46.7 Å². The standard InChI is InChI=1S/C21H27N3O2S/c1-3-26-20-10-6-18(7-11-20)23-21(27)22-16(2)17-4-8-19(9-5-17)24-12-14-25-15-13-24/h4-11,16H,3,12-15H2,1-2H3,(H2,22,23,27). The lowest BCUT2D eigenvalue weighted by molar-refractivity contribution is 0.122. The molecular weight excluding hydrogens is 358 g/mol. The van der Waals surface area contributed by atoms with Crippen LogP contribution in [0.2, 0.25) is 0 Å². The van der Waals surface area contributed by atoms with Crippen LogP contribution in [0.1, 0.15) is 25.5 Å². The molecule has 1 unspecified atom stereocenters. The van der Waals surface area contributed by atoms with E-state index < -0.39 is 0 Å². The quantitative estimate of drug-likeness (QED) is 0.734. The van der Waals surface area contributed by atoms with E-state index in [4.69, 9.17) is 21.7 Å². The first-order chi connectivity index (χ1) is 13.2. The molecule has 2 aromatic rings. The Morgan fingerprint density at radius 3 is 2.41 bits per heavy atom. The molecule has 2 aromatic carbocycles. The number of benzene rings is 2. The summed E-state index contributed by atoms with van der Waals surface area (Å²) < 4.78 is 10.9. The lowest BCUT2D eigenvalue weighted by atomic mass is 10.1. The van der Waals surface area contributed by atoms with Gasteiger partial charge in [0.25, 0.3) is 0 Å². The summed E-state index contributed by atoms with van der Waals surface area (Å²) in [4.78, 5) is 2.35. The highest BCUT2D eigenvalue weighted by Gasteiger charge is 2.12. The second kappa shape index (κ2) is 9.58. The number of nitrogens with zero attached hydrogens (tertiary/aromatic N) is 1. The van der Waals surface area contributed by atoms with E-state index in [9.17, 15) is 0 Å². The van der Waals surface area contributed by atoms with Gasteiger partial charge < -0.3 is 25.0 Å². The Morgan fingerprint density at radius 2 is 1.78 bits per heavy atom. The fraction of sp³-hybridized carbons (Fsp3) is 0.381. The first-order valence-electron chi connectivity index (χ1n) is 9.38. The van der Waals surface area contributed by atoms with Crippen LogP contribution in [0.15, 0.2) is 48.5 Å². The van der Waals surface area contributed by atoms with Crippen LogP contribution in [0.3, 0.4) is 0 Å². The van der Waals surface area contributed by atoms with E-state index in [1.165, 1.54) is 11.3 Å². The van der Waals surface area contributed by atoms with Crippen molar-refractivity contribution in [1.82, 2.24) is 5.32 Å². The summed E-state index contributed by atoms with van der Waals surface area (Å²) in [6, 6.07) is 16.5. The largest absolute Gasteiger partial charge is 0.494 e. The molecule has 1 aliphatic heterocycles. The van der Waals surface area contributed by atoms with Gasteiger partial charge in [0.1, 0.15) is 5.75 Å². The Morgan fingerprint density at radius 1 is 1.11 bits per heavy atom. The molecule has 0 bridgehead atoms. The number of hydrogen-bond acceptors (Lipinski definition) is 4. The van der Waals surface area contributed by atoms with E-state index in [0.717, 1.165) is 37.7 Å². The highest BCUT2D eigenvalue weighted by atomic mass is 32.1. The molecule has 2 N–H and O–H groups in total. The van der Waals surface area contributed by atoms with Crippen LogP contribution in [-0.4, -0.2) is 38.0 Å². The maximum absolute atomic E-state index is 5.45. The molecular formula is C21H27N3O2S. The number of thiocarbonyl (C=S) groups is 1. The molecule has 0 aliphatic carbocycles. The Labute approximate surface area is 166 Å². The van der Waals surface area contributed by atoms with Crippen LogP contribution in [0.4, 0.5) is 11.4 Å². The minimum absolute atomic E-state index is 0.117. The molecule has 5 nitrogen and oxygen atoms in total. The SMILES string of the molecule is CCOc1ccc(NC(=S)NC(C)c2ccc(N3CCOCC3)cc2)cc1. The van der Waals surface area contributed by atoms with Gasteiger partial charge in [-0.1, -0.05) is 12.1 Å². The highest BCUT2D eigenvalue weighted by Crippen LogP contribution is 2.21. The van der Waals surface area contributed by atoms with Gasteiger partial charge in [0, 0.05) is 24.5 Å². The first kappa shape index (κ1) is 19.5. The summed E-state index contributed by atoms with van der Waals surface area (Å²) in [5.41, 5.74) is 3.37. The molecule has 27 heavy (non-hydrogen) atoms. The topological polar surface area (TPSA) is 45.8 Å². The fourth-order valence-electron chi connectivity index (χ4n) is 3.04. The van der Waals surface area contributed by atoms with Gasteiger partial charge in [-0.2, -0.15) is 0 Å². The van der Waals surface area contributed by atoms with Crippen molar-refractivity contribution >= 4 is 28.7 Å². The lowest BCUT2D eigenvalue weighted by Gasteiger charge is -2.29. The monoisotopic (exact) mass is 385 g/mol. The zero-order chi connectivity index (χ0) is 19.1. The second-order valence-electron chi connectivity index (χ2n) is 6.47. The van der Waals surface area contributed by atoms with Crippen LogP contribution in [0, 0.1) is 0 Å². The third kappa shape index (κ3) is 5.58. The molecule has 6 heteroatoms. The molecule has 0 saturated carbocycles. The van der Waals surface area contributed by atoms with Crippen LogP contribution in [-0.2, 0) is 4.74 Å². The van der Waals surface area contributed by atoms with Gasteiger partial charge in [0.05, 0.1) is 25.9 Å². The third-order valence-electron chi connectivity index (χ3n) is 4.54. The molecule has 1 saturated heterocycles. The van der Waals surface area contributed by atoms with Gasteiger partial charge in [-0.15, -0.1) is 0 Å². The van der Waals surface area contributed by atoms with Crippen molar-refractivity contribution in [1.29, 1.82) is 0 Å². The minimum Gasteiger partial charge on any atom is -0.494 e. The zero-order valence-corrected chi connectivity index (χ0v) is 16.7. The van der Waals surface area contributed by atoms with Crippen molar-refractivity contribution in [3.8, 4) is 5.75 Å². The van der Waals surface area contributed by atoms with E-state index >= 15 is 0 Å². The number of nitrogens with one attached hydrogen (secondary N) is 2. The molecule has 0 aromatic heterocycles. The van der Waals surface area contributed by atoms with Crippen LogP contribution in [0.5, 0.6) is 5.75 Å². The molecule has 1 heterocycles. The maximum Gasteiger partial charge on any atom is 0.171 e. The Balaban J connectivity index is 1.52. The van der Waals surface area contributed by atoms with Crippen molar-refractivity contribution in [3.63, 3.8) is 0 Å². The zero-order valence-electron chi connectivity index (χ0n) is 15.9. The van der Waals surface area contributed by atoms with E-state index in [0.29, 0.717) is 11.7 Å². The summed E-state index contributed by atoms with van der Waals surface area (Å²) in [6.07, 6.45) is 0. The average molecular weight is 386 g/mol. The molecule has 1 fully saturated rings. The third-order valence-corrected chi connectivity index (χ3v) is 4.76. The molecule has 1 aliphatic rings. The molecule has 3 rings (SSSR count). The molecule has 0 amide bonds. The normalized spacial score (nSPS) is 15.1.